The molecule has 0 bridgehead atoms. The van der Waals surface area contributed by atoms with Crippen molar-refractivity contribution in [2.45, 2.75) is 24.7 Å². The molecule has 1 aromatic heterocycles. The number of aryl methyl sites for hydroxylation is 2. The fourth-order valence-corrected chi connectivity index (χ4v) is 10.2. The summed E-state index contributed by atoms with van der Waals surface area (Å²) in [5.74, 6) is 0. The predicted octanol–water partition coefficient (Wildman–Crippen LogP) is 12.3. The van der Waals surface area contributed by atoms with Crippen LogP contribution in [0.2, 0.25) is 0 Å². The minimum absolute atomic E-state index is 0.592. The van der Waals surface area contributed by atoms with Crippen molar-refractivity contribution in [3.63, 3.8) is 0 Å². The third-order valence-corrected chi connectivity index (χ3v) is 12.1. The average molecular weight is 692 g/mol. The van der Waals surface area contributed by atoms with Gasteiger partial charge in [-0.05, 0) is 107 Å². The first kappa shape index (κ1) is 30.9. The predicted molar refractivity (Wildman–Crippen MR) is 220 cm³/mol. The van der Waals surface area contributed by atoms with E-state index in [9.17, 15) is 0 Å². The molecule has 0 N–H and O–H groups in total. The lowest BCUT2D eigenvalue weighted by atomic mass is 9.49. The lowest BCUT2D eigenvalue weighted by molar-refractivity contribution is 0.607. The Labute approximate surface area is 316 Å². The molecule has 0 saturated carbocycles. The topological polar surface area (TPSA) is 19.4 Å². The van der Waals surface area contributed by atoms with Gasteiger partial charge in [-0.3, -0.25) is 4.98 Å². The number of benzene rings is 7. The molecule has 0 fully saturated rings. The van der Waals surface area contributed by atoms with E-state index in [0.717, 1.165) is 11.4 Å². The SMILES string of the molecule is Cc1ccc2c(c1)C1(c3cc(C)ccc3N2c2cccnc2)c2ccccc2C2(c3ccccc3N(c3ccccc3)c3ccccc32)c2ccccc21. The first-order valence-corrected chi connectivity index (χ1v) is 18.8. The summed E-state index contributed by atoms with van der Waals surface area (Å²) in [5, 5.41) is 0. The van der Waals surface area contributed by atoms with Crippen molar-refractivity contribution in [3.8, 4) is 0 Å². The van der Waals surface area contributed by atoms with Crippen LogP contribution in [0, 0.1) is 13.8 Å². The first-order chi connectivity index (χ1) is 26.6. The van der Waals surface area contributed by atoms with Gasteiger partial charge in [-0.15, -0.1) is 0 Å². The van der Waals surface area contributed by atoms with E-state index in [2.05, 4.69) is 198 Å². The van der Waals surface area contributed by atoms with Gasteiger partial charge in [-0.2, -0.15) is 0 Å². The largest absolute Gasteiger partial charge is 0.310 e. The molecule has 8 aromatic rings. The first-order valence-electron chi connectivity index (χ1n) is 18.8. The highest BCUT2D eigenvalue weighted by molar-refractivity contribution is 5.95. The van der Waals surface area contributed by atoms with E-state index in [4.69, 9.17) is 0 Å². The lowest BCUT2D eigenvalue weighted by Gasteiger charge is -2.56. The van der Waals surface area contributed by atoms with Gasteiger partial charge in [0.15, 0.2) is 0 Å². The van der Waals surface area contributed by atoms with Gasteiger partial charge in [-0.25, -0.2) is 0 Å². The Kier molecular flexibility index (Phi) is 6.51. The van der Waals surface area contributed by atoms with Crippen molar-refractivity contribution < 1.29 is 0 Å². The Hall–Kier alpha value is -6.71. The summed E-state index contributed by atoms with van der Waals surface area (Å²) in [5.41, 5.74) is 18.6. The summed E-state index contributed by atoms with van der Waals surface area (Å²) in [7, 11) is 0. The quantitative estimate of drug-likeness (QED) is 0.180. The highest BCUT2D eigenvalue weighted by Crippen LogP contribution is 2.68. The molecule has 2 spiro atoms. The summed E-state index contributed by atoms with van der Waals surface area (Å²) in [4.78, 5) is 9.47. The number of aromatic nitrogens is 1. The van der Waals surface area contributed by atoms with Gasteiger partial charge in [0.25, 0.3) is 0 Å². The van der Waals surface area contributed by atoms with Crippen LogP contribution in [0.5, 0.6) is 0 Å². The summed E-state index contributed by atoms with van der Waals surface area (Å²) in [6.45, 7) is 4.45. The van der Waals surface area contributed by atoms with E-state index in [1.807, 2.05) is 18.5 Å². The van der Waals surface area contributed by atoms with E-state index >= 15 is 0 Å². The fourth-order valence-electron chi connectivity index (χ4n) is 10.2. The van der Waals surface area contributed by atoms with Crippen LogP contribution in [0.25, 0.3) is 0 Å². The van der Waals surface area contributed by atoms with Crippen LogP contribution in [-0.4, -0.2) is 4.98 Å². The molecule has 0 unspecified atom stereocenters. The fraction of sp³-hybridized carbons (Fsp3) is 0.0784. The number of fused-ring (bicyclic) bond motifs is 14. The van der Waals surface area contributed by atoms with Crippen LogP contribution < -0.4 is 9.80 Å². The minimum atomic E-state index is -0.611. The molecule has 2 aliphatic heterocycles. The summed E-state index contributed by atoms with van der Waals surface area (Å²) >= 11 is 0. The third kappa shape index (κ3) is 3.88. The van der Waals surface area contributed by atoms with Crippen molar-refractivity contribution in [1.82, 2.24) is 4.98 Å². The zero-order valence-electron chi connectivity index (χ0n) is 30.2. The average Bonchev–Trinajstić information content (AvgIpc) is 3.23. The van der Waals surface area contributed by atoms with Crippen molar-refractivity contribution in [2.75, 3.05) is 9.80 Å². The molecule has 3 nitrogen and oxygen atoms in total. The van der Waals surface area contributed by atoms with E-state index in [1.165, 1.54) is 78.4 Å². The van der Waals surface area contributed by atoms with Gasteiger partial charge in [0, 0.05) is 11.9 Å². The molecule has 54 heavy (non-hydrogen) atoms. The van der Waals surface area contributed by atoms with E-state index in [1.54, 1.807) is 0 Å². The molecular weight excluding hydrogens is 655 g/mol. The van der Waals surface area contributed by atoms with Crippen LogP contribution >= 0.6 is 0 Å². The molecular formula is C51H37N3. The van der Waals surface area contributed by atoms with Crippen molar-refractivity contribution in [3.05, 3.63) is 244 Å². The Balaban J connectivity index is 1.32. The Morgan fingerprint density at radius 2 is 0.741 bits per heavy atom. The second-order valence-electron chi connectivity index (χ2n) is 14.9. The Morgan fingerprint density at radius 3 is 1.22 bits per heavy atom. The van der Waals surface area contributed by atoms with Gasteiger partial charge < -0.3 is 9.80 Å². The van der Waals surface area contributed by atoms with Gasteiger partial charge >= 0.3 is 0 Å². The van der Waals surface area contributed by atoms with Gasteiger partial charge in [0.2, 0.25) is 0 Å². The van der Waals surface area contributed by atoms with Crippen LogP contribution in [0.3, 0.4) is 0 Å². The van der Waals surface area contributed by atoms with Crippen LogP contribution in [0.1, 0.15) is 55.6 Å². The number of hydrogen-bond acceptors (Lipinski definition) is 3. The maximum absolute atomic E-state index is 4.60. The smallest absolute Gasteiger partial charge is 0.0748 e. The van der Waals surface area contributed by atoms with Crippen LogP contribution in [-0.2, 0) is 10.8 Å². The standard InChI is InChI=1S/C51H37N3/c1-34-26-28-48-44(31-34)51(45-32-35(2)27-29-49(45)54(48)37-17-14-30-52-33-37)40-20-8-6-18-38(40)50(39-19-7-9-21-41(39)51)42-22-10-12-24-46(42)53(36-15-4-3-5-16-36)47-25-13-11-23-43(47)50/h3-33H,1-2H3. The number of hydrogen-bond donors (Lipinski definition) is 0. The van der Waals surface area contributed by atoms with Crippen molar-refractivity contribution in [1.29, 1.82) is 0 Å². The van der Waals surface area contributed by atoms with Gasteiger partial charge in [0.05, 0.1) is 45.5 Å². The molecule has 0 amide bonds. The van der Waals surface area contributed by atoms with E-state index in [0.29, 0.717) is 0 Å². The van der Waals surface area contributed by atoms with E-state index < -0.39 is 10.8 Å². The molecule has 3 aliphatic rings. The molecule has 0 radical (unpaired) electrons. The normalized spacial score (nSPS) is 15.1. The van der Waals surface area contributed by atoms with Crippen LogP contribution in [0.4, 0.5) is 34.1 Å². The lowest BCUT2D eigenvalue weighted by Crippen LogP contribution is -2.49. The molecule has 1 aliphatic carbocycles. The summed E-state index contributed by atoms with van der Waals surface area (Å²) in [6, 6.07) is 65.8. The van der Waals surface area contributed by atoms with Crippen LogP contribution in [0.15, 0.2) is 188 Å². The maximum Gasteiger partial charge on any atom is 0.0748 e. The zero-order chi connectivity index (χ0) is 36.0. The van der Waals surface area contributed by atoms with E-state index in [-0.39, 0.29) is 0 Å². The number of anilines is 6. The maximum atomic E-state index is 4.60. The molecule has 3 heterocycles. The number of rotatable bonds is 2. The molecule has 3 heteroatoms. The summed E-state index contributed by atoms with van der Waals surface area (Å²) in [6.07, 6.45) is 3.84. The Bertz CT molecular complexity index is 2620. The van der Waals surface area contributed by atoms with Gasteiger partial charge in [-0.1, -0.05) is 139 Å². The molecule has 7 aromatic carbocycles. The monoisotopic (exact) mass is 691 g/mol. The van der Waals surface area contributed by atoms with Gasteiger partial charge in [0.1, 0.15) is 0 Å². The highest BCUT2D eigenvalue weighted by Gasteiger charge is 2.58. The second kappa shape index (κ2) is 11.4. The highest BCUT2D eigenvalue weighted by atomic mass is 15.2. The zero-order valence-corrected chi connectivity index (χ0v) is 30.2. The molecule has 0 saturated heterocycles. The second-order valence-corrected chi connectivity index (χ2v) is 14.9. The molecule has 0 atom stereocenters. The molecule has 256 valence electrons. The minimum Gasteiger partial charge on any atom is -0.310 e. The van der Waals surface area contributed by atoms with Crippen molar-refractivity contribution in [2.24, 2.45) is 0 Å². The summed E-state index contributed by atoms with van der Waals surface area (Å²) < 4.78 is 0. The number of para-hydroxylation sites is 3. The number of pyridine rings is 1. The Morgan fingerprint density at radius 1 is 0.352 bits per heavy atom. The number of nitrogens with zero attached hydrogens (tertiary/aromatic N) is 3. The molecule has 11 rings (SSSR count). The third-order valence-electron chi connectivity index (χ3n) is 12.1. The van der Waals surface area contributed by atoms with Crippen molar-refractivity contribution >= 4 is 34.1 Å².